The molecule has 1 heterocycles. The Balaban J connectivity index is 1.71. The minimum atomic E-state index is 0.824. The van der Waals surface area contributed by atoms with Crippen LogP contribution < -0.4 is 0 Å². The number of oxazole rings is 1. The standard InChI is InChI=1S/C20H15NOS/c1-2-7-15(8-3-1)13-23-19-12-5-4-9-16(19)17-10-6-11-18-20(17)21-14-22-18/h1-12,14H,13H2. The van der Waals surface area contributed by atoms with Crippen molar-refractivity contribution in [3.05, 3.63) is 84.8 Å². The van der Waals surface area contributed by atoms with Crippen LogP contribution in [0.4, 0.5) is 0 Å². The third kappa shape index (κ3) is 2.88. The van der Waals surface area contributed by atoms with Crippen LogP contribution in [-0.4, -0.2) is 4.98 Å². The molecule has 0 spiro atoms. The Hall–Kier alpha value is -2.52. The molecule has 4 aromatic rings. The molecule has 2 nitrogen and oxygen atoms in total. The average Bonchev–Trinajstić information content (AvgIpc) is 3.10. The molecule has 0 aliphatic heterocycles. The maximum atomic E-state index is 5.43. The first-order chi connectivity index (χ1) is 11.4. The van der Waals surface area contributed by atoms with Gasteiger partial charge in [0.15, 0.2) is 12.0 Å². The molecule has 3 aromatic carbocycles. The predicted molar refractivity (Wildman–Crippen MR) is 95.4 cm³/mol. The number of aromatic nitrogens is 1. The van der Waals surface area contributed by atoms with Gasteiger partial charge in [0.2, 0.25) is 0 Å². The van der Waals surface area contributed by atoms with Gasteiger partial charge in [0.1, 0.15) is 5.52 Å². The third-order valence-electron chi connectivity index (χ3n) is 3.77. The van der Waals surface area contributed by atoms with Gasteiger partial charge in [-0.2, -0.15) is 0 Å². The van der Waals surface area contributed by atoms with Crippen molar-refractivity contribution in [1.29, 1.82) is 0 Å². The zero-order chi connectivity index (χ0) is 15.5. The molecule has 23 heavy (non-hydrogen) atoms. The van der Waals surface area contributed by atoms with Crippen molar-refractivity contribution >= 4 is 22.9 Å². The zero-order valence-corrected chi connectivity index (χ0v) is 13.3. The summed E-state index contributed by atoms with van der Waals surface area (Å²) in [5, 5.41) is 0. The van der Waals surface area contributed by atoms with E-state index in [0.717, 1.165) is 22.4 Å². The van der Waals surface area contributed by atoms with Crippen molar-refractivity contribution in [2.45, 2.75) is 10.6 Å². The van der Waals surface area contributed by atoms with Crippen molar-refractivity contribution in [1.82, 2.24) is 4.98 Å². The van der Waals surface area contributed by atoms with Crippen molar-refractivity contribution < 1.29 is 4.42 Å². The maximum Gasteiger partial charge on any atom is 0.182 e. The molecule has 0 saturated carbocycles. The fraction of sp³-hybridized carbons (Fsp3) is 0.0500. The van der Waals surface area contributed by atoms with Gasteiger partial charge in [0.25, 0.3) is 0 Å². The number of rotatable bonds is 4. The third-order valence-corrected chi connectivity index (χ3v) is 4.92. The summed E-state index contributed by atoms with van der Waals surface area (Å²) in [7, 11) is 0. The molecule has 0 saturated heterocycles. The normalized spacial score (nSPS) is 11.0. The van der Waals surface area contributed by atoms with E-state index in [0.29, 0.717) is 0 Å². The predicted octanol–water partition coefficient (Wildman–Crippen LogP) is 5.79. The topological polar surface area (TPSA) is 26.0 Å². The summed E-state index contributed by atoms with van der Waals surface area (Å²) in [6.07, 6.45) is 1.51. The van der Waals surface area contributed by atoms with Crippen molar-refractivity contribution in [3.63, 3.8) is 0 Å². The molecule has 1 aromatic heterocycles. The first-order valence-electron chi connectivity index (χ1n) is 7.50. The molecule has 0 aliphatic rings. The highest BCUT2D eigenvalue weighted by molar-refractivity contribution is 7.98. The molecule has 0 fully saturated rings. The molecule has 0 radical (unpaired) electrons. The molecule has 4 rings (SSSR count). The summed E-state index contributed by atoms with van der Waals surface area (Å²) in [5.74, 6) is 0.951. The van der Waals surface area contributed by atoms with Crippen LogP contribution in [0.25, 0.3) is 22.2 Å². The van der Waals surface area contributed by atoms with Crippen molar-refractivity contribution in [3.8, 4) is 11.1 Å². The molecule has 0 amide bonds. The van der Waals surface area contributed by atoms with Crippen LogP contribution in [0.1, 0.15) is 5.56 Å². The van der Waals surface area contributed by atoms with Gasteiger partial charge >= 0.3 is 0 Å². The maximum absolute atomic E-state index is 5.43. The van der Waals surface area contributed by atoms with Crippen LogP contribution in [-0.2, 0) is 5.75 Å². The fourth-order valence-electron chi connectivity index (χ4n) is 2.65. The Labute approximate surface area is 139 Å². The van der Waals surface area contributed by atoms with Gasteiger partial charge in [0, 0.05) is 16.2 Å². The van der Waals surface area contributed by atoms with Gasteiger partial charge in [-0.05, 0) is 23.3 Å². The van der Waals surface area contributed by atoms with E-state index in [1.165, 1.54) is 22.4 Å². The van der Waals surface area contributed by atoms with Gasteiger partial charge in [-0.1, -0.05) is 60.7 Å². The molecule has 0 atom stereocenters. The molecule has 3 heteroatoms. The lowest BCUT2D eigenvalue weighted by molar-refractivity contribution is 0.602. The number of benzene rings is 3. The minimum Gasteiger partial charge on any atom is -0.443 e. The first-order valence-corrected chi connectivity index (χ1v) is 8.49. The molecule has 0 N–H and O–H groups in total. The number of fused-ring (bicyclic) bond motifs is 1. The number of nitrogens with zero attached hydrogens (tertiary/aromatic N) is 1. The van der Waals surface area contributed by atoms with E-state index in [-0.39, 0.29) is 0 Å². The highest BCUT2D eigenvalue weighted by Crippen LogP contribution is 2.36. The van der Waals surface area contributed by atoms with E-state index >= 15 is 0 Å². The Bertz CT molecular complexity index is 930. The summed E-state index contributed by atoms with van der Waals surface area (Å²) in [6, 6.07) is 25.1. The lowest BCUT2D eigenvalue weighted by Crippen LogP contribution is -1.86. The first kappa shape index (κ1) is 14.1. The second-order valence-electron chi connectivity index (χ2n) is 5.28. The lowest BCUT2D eigenvalue weighted by Gasteiger charge is -2.10. The van der Waals surface area contributed by atoms with Crippen LogP contribution in [0.3, 0.4) is 0 Å². The molecule has 0 aliphatic carbocycles. The second kappa shape index (κ2) is 6.31. The van der Waals surface area contributed by atoms with Crippen LogP contribution >= 0.6 is 11.8 Å². The number of para-hydroxylation sites is 1. The number of hydrogen-bond acceptors (Lipinski definition) is 3. The van der Waals surface area contributed by atoms with Gasteiger partial charge in [-0.3, -0.25) is 0 Å². The minimum absolute atomic E-state index is 0.824. The SMILES string of the molecule is c1ccc(CSc2ccccc2-c2cccc3ocnc23)cc1. The van der Waals surface area contributed by atoms with Gasteiger partial charge in [-0.25, -0.2) is 4.98 Å². The van der Waals surface area contributed by atoms with Crippen molar-refractivity contribution in [2.24, 2.45) is 0 Å². The average molecular weight is 317 g/mol. The van der Waals surface area contributed by atoms with Gasteiger partial charge < -0.3 is 4.42 Å². The smallest absolute Gasteiger partial charge is 0.182 e. The van der Waals surface area contributed by atoms with Crippen LogP contribution in [0.2, 0.25) is 0 Å². The van der Waals surface area contributed by atoms with E-state index in [4.69, 9.17) is 4.42 Å². The zero-order valence-electron chi connectivity index (χ0n) is 12.5. The summed E-state index contributed by atoms with van der Waals surface area (Å²) in [5.41, 5.74) is 5.39. The second-order valence-corrected chi connectivity index (χ2v) is 6.29. The van der Waals surface area contributed by atoms with E-state index in [1.54, 1.807) is 0 Å². The lowest BCUT2D eigenvalue weighted by atomic mass is 10.0. The summed E-state index contributed by atoms with van der Waals surface area (Å²) >= 11 is 1.85. The van der Waals surface area contributed by atoms with E-state index < -0.39 is 0 Å². The molecular weight excluding hydrogens is 302 g/mol. The van der Waals surface area contributed by atoms with Crippen molar-refractivity contribution in [2.75, 3.05) is 0 Å². The number of thioether (sulfide) groups is 1. The van der Waals surface area contributed by atoms with Gasteiger partial charge in [-0.15, -0.1) is 11.8 Å². The Morgan fingerprint density at radius 2 is 1.57 bits per heavy atom. The highest BCUT2D eigenvalue weighted by atomic mass is 32.2. The van der Waals surface area contributed by atoms with E-state index in [2.05, 4.69) is 59.6 Å². The highest BCUT2D eigenvalue weighted by Gasteiger charge is 2.11. The molecule has 112 valence electrons. The van der Waals surface area contributed by atoms with Crippen LogP contribution in [0, 0.1) is 0 Å². The molecule has 0 unspecified atom stereocenters. The fourth-order valence-corrected chi connectivity index (χ4v) is 3.68. The largest absolute Gasteiger partial charge is 0.443 e. The molecular formula is C20H15NOS. The monoisotopic (exact) mass is 317 g/mol. The number of hydrogen-bond donors (Lipinski definition) is 0. The Kier molecular flexibility index (Phi) is 3.86. The Morgan fingerprint density at radius 1 is 0.783 bits per heavy atom. The molecule has 0 bridgehead atoms. The van der Waals surface area contributed by atoms with Gasteiger partial charge in [0.05, 0.1) is 0 Å². The van der Waals surface area contributed by atoms with E-state index in [1.807, 2.05) is 30.0 Å². The van der Waals surface area contributed by atoms with Crippen LogP contribution in [0.5, 0.6) is 0 Å². The quantitative estimate of drug-likeness (QED) is 0.446. The summed E-state index contributed by atoms with van der Waals surface area (Å²) in [4.78, 5) is 5.63. The van der Waals surface area contributed by atoms with E-state index in [9.17, 15) is 0 Å². The Morgan fingerprint density at radius 3 is 2.48 bits per heavy atom. The summed E-state index contributed by atoms with van der Waals surface area (Å²) < 4.78 is 5.43. The van der Waals surface area contributed by atoms with Crippen LogP contribution in [0.15, 0.2) is 88.5 Å². The summed E-state index contributed by atoms with van der Waals surface area (Å²) in [6.45, 7) is 0.